The molecular weight excluding hydrogens is 176 g/mol. The van der Waals surface area contributed by atoms with E-state index in [4.69, 9.17) is 9.47 Å². The molecule has 2 heteroatoms. The minimum atomic E-state index is 0.226. The Balaban J connectivity index is 2.54. The summed E-state index contributed by atoms with van der Waals surface area (Å²) in [7, 11) is 3.58. The third-order valence-corrected chi connectivity index (χ3v) is 3.54. The Morgan fingerprint density at radius 1 is 1.00 bits per heavy atom. The molecule has 0 unspecified atom stereocenters. The normalized spacial score (nSPS) is 19.9. The quantitative estimate of drug-likeness (QED) is 0.679. The Morgan fingerprint density at radius 2 is 1.50 bits per heavy atom. The summed E-state index contributed by atoms with van der Waals surface area (Å²) in [5, 5.41) is 0. The van der Waals surface area contributed by atoms with Crippen molar-refractivity contribution in [3.05, 3.63) is 0 Å². The van der Waals surface area contributed by atoms with Crippen LogP contribution in [0.25, 0.3) is 0 Å². The summed E-state index contributed by atoms with van der Waals surface area (Å²) in [6.45, 7) is 3.95. The standard InChI is InChI=1S/C12H24O2/c1-12(9-13-2,10-14-3)11-7-5-4-6-8-11/h11H,4-10H2,1-3H3. The van der Waals surface area contributed by atoms with Gasteiger partial charge in [-0.25, -0.2) is 0 Å². The highest BCUT2D eigenvalue weighted by atomic mass is 16.5. The molecule has 1 fully saturated rings. The largest absolute Gasteiger partial charge is 0.384 e. The molecule has 2 nitrogen and oxygen atoms in total. The van der Waals surface area contributed by atoms with Crippen molar-refractivity contribution in [2.75, 3.05) is 27.4 Å². The average molecular weight is 200 g/mol. The van der Waals surface area contributed by atoms with E-state index in [0.717, 1.165) is 19.1 Å². The van der Waals surface area contributed by atoms with Crippen molar-refractivity contribution in [2.24, 2.45) is 11.3 Å². The summed E-state index contributed by atoms with van der Waals surface area (Å²) in [5.74, 6) is 0.788. The lowest BCUT2D eigenvalue weighted by Gasteiger charge is -2.38. The van der Waals surface area contributed by atoms with Gasteiger partial charge >= 0.3 is 0 Å². The third-order valence-electron chi connectivity index (χ3n) is 3.54. The number of methoxy groups -OCH3 is 2. The van der Waals surface area contributed by atoms with Gasteiger partial charge < -0.3 is 9.47 Å². The van der Waals surface area contributed by atoms with Gasteiger partial charge in [-0.3, -0.25) is 0 Å². The molecule has 0 saturated heterocycles. The van der Waals surface area contributed by atoms with Crippen LogP contribution in [0.5, 0.6) is 0 Å². The SMILES string of the molecule is COCC(C)(COC)C1CCCCC1. The second kappa shape index (κ2) is 5.72. The maximum Gasteiger partial charge on any atom is 0.0540 e. The maximum atomic E-state index is 5.33. The van der Waals surface area contributed by atoms with Crippen molar-refractivity contribution in [1.29, 1.82) is 0 Å². The predicted octanol–water partition coefficient (Wildman–Crippen LogP) is 2.87. The summed E-state index contributed by atoms with van der Waals surface area (Å²) in [6.07, 6.45) is 6.88. The van der Waals surface area contributed by atoms with Crippen LogP contribution in [0.4, 0.5) is 0 Å². The molecule has 0 aromatic heterocycles. The zero-order valence-corrected chi connectivity index (χ0v) is 9.84. The summed E-state index contributed by atoms with van der Waals surface area (Å²) in [5.41, 5.74) is 0.226. The van der Waals surface area contributed by atoms with Gasteiger partial charge in [-0.05, 0) is 18.8 Å². The van der Waals surface area contributed by atoms with Crippen molar-refractivity contribution < 1.29 is 9.47 Å². The summed E-state index contributed by atoms with van der Waals surface area (Å²) in [6, 6.07) is 0. The Labute approximate surface area is 88.0 Å². The Kier molecular flexibility index (Phi) is 4.90. The van der Waals surface area contributed by atoms with Gasteiger partial charge in [0.05, 0.1) is 13.2 Å². The van der Waals surface area contributed by atoms with Crippen LogP contribution in [0, 0.1) is 11.3 Å². The highest BCUT2D eigenvalue weighted by Gasteiger charge is 2.34. The van der Waals surface area contributed by atoms with E-state index < -0.39 is 0 Å². The lowest BCUT2D eigenvalue weighted by atomic mass is 9.71. The first-order chi connectivity index (χ1) is 6.73. The van der Waals surface area contributed by atoms with Crippen LogP contribution in [0.15, 0.2) is 0 Å². The molecule has 0 aromatic carbocycles. The molecule has 0 aliphatic heterocycles. The van der Waals surface area contributed by atoms with Gasteiger partial charge in [0.15, 0.2) is 0 Å². The van der Waals surface area contributed by atoms with Crippen molar-refractivity contribution in [2.45, 2.75) is 39.0 Å². The highest BCUT2D eigenvalue weighted by molar-refractivity contribution is 4.84. The molecule has 1 saturated carbocycles. The lowest BCUT2D eigenvalue weighted by Crippen LogP contribution is -2.37. The minimum absolute atomic E-state index is 0.226. The summed E-state index contributed by atoms with van der Waals surface area (Å²) >= 11 is 0. The zero-order chi connectivity index (χ0) is 10.4. The van der Waals surface area contributed by atoms with Crippen molar-refractivity contribution in [3.8, 4) is 0 Å². The molecule has 0 spiro atoms. The Bertz CT molecular complexity index is 144. The molecule has 0 atom stereocenters. The van der Waals surface area contributed by atoms with Gasteiger partial charge in [-0.15, -0.1) is 0 Å². The van der Waals surface area contributed by atoms with Gasteiger partial charge in [0.2, 0.25) is 0 Å². The molecular formula is C12H24O2. The van der Waals surface area contributed by atoms with E-state index in [1.807, 2.05) is 0 Å². The average Bonchev–Trinajstić information content (AvgIpc) is 2.20. The van der Waals surface area contributed by atoms with E-state index in [9.17, 15) is 0 Å². The molecule has 0 heterocycles. The molecule has 1 rings (SSSR count). The number of ether oxygens (including phenoxy) is 2. The third kappa shape index (κ3) is 2.96. The fraction of sp³-hybridized carbons (Fsp3) is 1.00. The molecule has 0 N–H and O–H groups in total. The second-order valence-corrected chi connectivity index (χ2v) is 4.85. The molecule has 0 bridgehead atoms. The van der Waals surface area contributed by atoms with Crippen LogP contribution >= 0.6 is 0 Å². The van der Waals surface area contributed by atoms with Gasteiger partial charge in [-0.1, -0.05) is 26.2 Å². The molecule has 1 aliphatic carbocycles. The van der Waals surface area contributed by atoms with Crippen LogP contribution in [-0.4, -0.2) is 27.4 Å². The minimum Gasteiger partial charge on any atom is -0.384 e. The van der Waals surface area contributed by atoms with Crippen LogP contribution in [0.2, 0.25) is 0 Å². The van der Waals surface area contributed by atoms with Gasteiger partial charge in [0.25, 0.3) is 0 Å². The van der Waals surface area contributed by atoms with Gasteiger partial charge in [0, 0.05) is 19.6 Å². The first-order valence-corrected chi connectivity index (χ1v) is 5.71. The highest BCUT2D eigenvalue weighted by Crippen LogP contribution is 2.38. The summed E-state index contributed by atoms with van der Waals surface area (Å²) < 4.78 is 10.7. The lowest BCUT2D eigenvalue weighted by molar-refractivity contribution is -0.0279. The van der Waals surface area contributed by atoms with E-state index in [0.29, 0.717) is 0 Å². The molecule has 1 aliphatic rings. The van der Waals surface area contributed by atoms with Crippen LogP contribution in [0.3, 0.4) is 0 Å². The van der Waals surface area contributed by atoms with Crippen molar-refractivity contribution in [1.82, 2.24) is 0 Å². The summed E-state index contributed by atoms with van der Waals surface area (Å²) in [4.78, 5) is 0. The molecule has 84 valence electrons. The van der Waals surface area contributed by atoms with E-state index in [-0.39, 0.29) is 5.41 Å². The number of hydrogen-bond donors (Lipinski definition) is 0. The predicted molar refractivity (Wildman–Crippen MR) is 58.4 cm³/mol. The first-order valence-electron chi connectivity index (χ1n) is 5.71. The van der Waals surface area contributed by atoms with Crippen LogP contribution < -0.4 is 0 Å². The van der Waals surface area contributed by atoms with E-state index in [1.165, 1.54) is 32.1 Å². The Hall–Kier alpha value is -0.0800. The van der Waals surface area contributed by atoms with Gasteiger partial charge in [0.1, 0.15) is 0 Å². The van der Waals surface area contributed by atoms with Crippen molar-refractivity contribution >= 4 is 0 Å². The molecule has 0 radical (unpaired) electrons. The smallest absolute Gasteiger partial charge is 0.0540 e. The van der Waals surface area contributed by atoms with Crippen LogP contribution in [-0.2, 0) is 9.47 Å². The first kappa shape index (κ1) is 12.0. The van der Waals surface area contributed by atoms with Crippen molar-refractivity contribution in [3.63, 3.8) is 0 Å². The van der Waals surface area contributed by atoms with E-state index in [1.54, 1.807) is 14.2 Å². The van der Waals surface area contributed by atoms with Gasteiger partial charge in [-0.2, -0.15) is 0 Å². The van der Waals surface area contributed by atoms with E-state index in [2.05, 4.69) is 6.92 Å². The number of hydrogen-bond acceptors (Lipinski definition) is 2. The number of rotatable bonds is 5. The zero-order valence-electron chi connectivity index (χ0n) is 9.84. The molecule has 0 aromatic rings. The molecule has 14 heavy (non-hydrogen) atoms. The monoisotopic (exact) mass is 200 g/mol. The topological polar surface area (TPSA) is 18.5 Å². The second-order valence-electron chi connectivity index (χ2n) is 4.85. The fourth-order valence-corrected chi connectivity index (χ4v) is 2.74. The van der Waals surface area contributed by atoms with Crippen LogP contribution in [0.1, 0.15) is 39.0 Å². The Morgan fingerprint density at radius 3 is 1.93 bits per heavy atom. The molecule has 0 amide bonds. The van der Waals surface area contributed by atoms with E-state index >= 15 is 0 Å². The fourth-order valence-electron chi connectivity index (χ4n) is 2.74. The maximum absolute atomic E-state index is 5.33.